The van der Waals surface area contributed by atoms with Crippen molar-refractivity contribution in [1.82, 2.24) is 10.3 Å². The molecular formula is C19H16F5N3O4. The number of Topliss-reactive ketones (excluding diaryl/α,β-unsaturated/α-hetero) is 1. The highest BCUT2D eigenvalue weighted by Crippen LogP contribution is 2.35. The van der Waals surface area contributed by atoms with E-state index in [9.17, 15) is 27.2 Å². The largest absolute Gasteiger partial charge is 0.573 e. The van der Waals surface area contributed by atoms with Crippen LogP contribution in [0.15, 0.2) is 30.5 Å². The van der Waals surface area contributed by atoms with Gasteiger partial charge >= 0.3 is 12.5 Å². The number of nitrogens with one attached hydrogen (secondary N) is 1. The van der Waals surface area contributed by atoms with Crippen molar-refractivity contribution in [3.63, 3.8) is 0 Å². The lowest BCUT2D eigenvalue weighted by Gasteiger charge is -2.29. The number of carbonyl (C=O) groups excluding carboxylic acids is 2. The Morgan fingerprint density at radius 3 is 2.61 bits per heavy atom. The lowest BCUT2D eigenvalue weighted by molar-refractivity contribution is -0.275. The molecule has 1 aromatic carbocycles. The Balaban J connectivity index is 2.00. The molecule has 1 aliphatic heterocycles. The third-order valence-corrected chi connectivity index (χ3v) is 4.59. The number of aromatic nitrogens is 1. The van der Waals surface area contributed by atoms with E-state index in [1.54, 1.807) is 0 Å². The molecule has 7 nitrogen and oxygen atoms in total. The summed E-state index contributed by atoms with van der Waals surface area (Å²) >= 11 is 0. The Labute approximate surface area is 172 Å². The van der Waals surface area contributed by atoms with E-state index in [0.29, 0.717) is 18.7 Å². The Kier molecular flexibility index (Phi) is 6.39. The molecule has 0 spiro atoms. The quantitative estimate of drug-likeness (QED) is 0.685. The van der Waals surface area contributed by atoms with E-state index in [4.69, 9.17) is 10.5 Å². The number of hydrogen-bond donors (Lipinski definition) is 2. The summed E-state index contributed by atoms with van der Waals surface area (Å²) in [5, 5.41) is 2.93. The zero-order valence-corrected chi connectivity index (χ0v) is 15.7. The van der Waals surface area contributed by atoms with Crippen LogP contribution in [0, 0.1) is 17.6 Å². The molecule has 1 saturated heterocycles. The summed E-state index contributed by atoms with van der Waals surface area (Å²) in [6.07, 6.45) is -6.55. The van der Waals surface area contributed by atoms with Gasteiger partial charge in [-0.05, 0) is 23.8 Å². The van der Waals surface area contributed by atoms with E-state index in [-0.39, 0.29) is 29.9 Å². The fraction of sp³-hybridized carbons (Fsp3) is 0.316. The molecule has 1 aromatic heterocycles. The van der Waals surface area contributed by atoms with Gasteiger partial charge in [0.25, 0.3) is 0 Å². The first-order valence-corrected chi connectivity index (χ1v) is 8.96. The van der Waals surface area contributed by atoms with Crippen LogP contribution in [-0.2, 0) is 9.53 Å². The fourth-order valence-electron chi connectivity index (χ4n) is 3.25. The SMILES string of the molecule is NC(=O)O[C@H](c1nccc(-c2ccc(OC(F)(F)F)c(F)c2)c1F)[C@@H]1CNCCC1=O. The molecule has 12 heteroatoms. The number of halogens is 5. The normalized spacial score (nSPS) is 17.8. The van der Waals surface area contributed by atoms with Gasteiger partial charge in [-0.2, -0.15) is 0 Å². The molecule has 1 fully saturated rings. The molecule has 0 unspecified atom stereocenters. The maximum absolute atomic E-state index is 15.3. The summed E-state index contributed by atoms with van der Waals surface area (Å²) in [5.41, 5.74) is 4.28. The number of primary amides is 1. The summed E-state index contributed by atoms with van der Waals surface area (Å²) in [7, 11) is 0. The molecule has 0 radical (unpaired) electrons. The Morgan fingerprint density at radius 2 is 2.00 bits per heavy atom. The average Bonchev–Trinajstić information content (AvgIpc) is 2.68. The lowest BCUT2D eigenvalue weighted by Crippen LogP contribution is -2.42. The van der Waals surface area contributed by atoms with E-state index in [0.717, 1.165) is 18.3 Å². The minimum absolute atomic E-state index is 0.0836. The molecule has 2 aromatic rings. The van der Waals surface area contributed by atoms with Crippen LogP contribution in [0.3, 0.4) is 0 Å². The molecule has 2 atom stereocenters. The van der Waals surface area contributed by atoms with Gasteiger partial charge in [0.2, 0.25) is 0 Å². The van der Waals surface area contributed by atoms with Gasteiger partial charge in [0.05, 0.1) is 5.92 Å². The van der Waals surface area contributed by atoms with Crippen molar-refractivity contribution in [3.05, 3.63) is 47.8 Å². The first kappa shape index (κ1) is 22.4. The molecule has 31 heavy (non-hydrogen) atoms. The van der Waals surface area contributed by atoms with Crippen LogP contribution in [0.4, 0.5) is 26.7 Å². The second-order valence-corrected chi connectivity index (χ2v) is 6.64. The van der Waals surface area contributed by atoms with Crippen LogP contribution < -0.4 is 15.8 Å². The van der Waals surface area contributed by atoms with Crippen LogP contribution in [0.1, 0.15) is 18.2 Å². The molecule has 1 aliphatic rings. The number of ketones is 1. The van der Waals surface area contributed by atoms with Gasteiger partial charge in [-0.25, -0.2) is 13.6 Å². The van der Waals surface area contributed by atoms with E-state index in [1.165, 1.54) is 0 Å². The van der Waals surface area contributed by atoms with Gasteiger partial charge < -0.3 is 20.5 Å². The van der Waals surface area contributed by atoms with Gasteiger partial charge in [0.1, 0.15) is 11.5 Å². The highest BCUT2D eigenvalue weighted by atomic mass is 19.4. The lowest BCUT2D eigenvalue weighted by atomic mass is 9.89. The van der Waals surface area contributed by atoms with Crippen LogP contribution in [-0.4, -0.2) is 36.3 Å². The third-order valence-electron chi connectivity index (χ3n) is 4.59. The van der Waals surface area contributed by atoms with Crippen molar-refractivity contribution in [1.29, 1.82) is 0 Å². The van der Waals surface area contributed by atoms with Gasteiger partial charge in [0, 0.05) is 31.3 Å². The number of amides is 1. The molecule has 3 N–H and O–H groups in total. The van der Waals surface area contributed by atoms with Crippen molar-refractivity contribution >= 4 is 11.9 Å². The van der Waals surface area contributed by atoms with E-state index >= 15 is 4.39 Å². The predicted molar refractivity (Wildman–Crippen MR) is 95.7 cm³/mol. The number of piperidine rings is 1. The molecule has 1 amide bonds. The van der Waals surface area contributed by atoms with Crippen molar-refractivity contribution in [2.45, 2.75) is 18.9 Å². The van der Waals surface area contributed by atoms with Crippen LogP contribution in [0.25, 0.3) is 11.1 Å². The molecule has 0 saturated carbocycles. The molecule has 0 aliphatic carbocycles. The van der Waals surface area contributed by atoms with Crippen molar-refractivity contribution < 1.29 is 41.0 Å². The Hall–Kier alpha value is -3.28. The number of pyridine rings is 1. The second kappa shape index (κ2) is 8.84. The average molecular weight is 445 g/mol. The standard InChI is InChI=1S/C19H16F5N3O4/c20-12-7-9(1-2-14(12)31-19(22,23)24)10-3-6-27-16(15(10)21)17(30-18(25)29)11-8-26-5-4-13(11)28/h1-3,6-7,11,17,26H,4-5,8H2,(H2,25,29)/t11-,17+/m1/s1. The number of nitrogens with zero attached hydrogens (tertiary/aromatic N) is 1. The summed E-state index contributed by atoms with van der Waals surface area (Å²) in [6, 6.07) is 3.52. The highest BCUT2D eigenvalue weighted by molar-refractivity contribution is 5.83. The second-order valence-electron chi connectivity index (χ2n) is 6.64. The van der Waals surface area contributed by atoms with Crippen molar-refractivity contribution in [2.75, 3.05) is 13.1 Å². The van der Waals surface area contributed by atoms with E-state index in [1.807, 2.05) is 0 Å². The minimum atomic E-state index is -5.10. The monoisotopic (exact) mass is 445 g/mol. The van der Waals surface area contributed by atoms with Gasteiger partial charge in [-0.15, -0.1) is 13.2 Å². The van der Waals surface area contributed by atoms with Crippen molar-refractivity contribution in [3.8, 4) is 16.9 Å². The summed E-state index contributed by atoms with van der Waals surface area (Å²) in [4.78, 5) is 27.5. The van der Waals surface area contributed by atoms with Gasteiger partial charge in [0.15, 0.2) is 23.5 Å². The maximum atomic E-state index is 15.3. The summed E-state index contributed by atoms with van der Waals surface area (Å²) in [5.74, 6) is -4.76. The Morgan fingerprint density at radius 1 is 1.26 bits per heavy atom. The predicted octanol–water partition coefficient (Wildman–Crippen LogP) is 3.24. The van der Waals surface area contributed by atoms with Crippen LogP contribution in [0.5, 0.6) is 5.75 Å². The zero-order valence-electron chi connectivity index (χ0n) is 15.7. The number of hydrogen-bond acceptors (Lipinski definition) is 6. The number of carbonyl (C=O) groups is 2. The summed E-state index contributed by atoms with van der Waals surface area (Å²) < 4.78 is 74.8. The number of benzene rings is 1. The number of alkyl halides is 3. The third kappa shape index (κ3) is 5.26. The topological polar surface area (TPSA) is 104 Å². The molecule has 2 heterocycles. The van der Waals surface area contributed by atoms with E-state index < -0.39 is 47.6 Å². The van der Waals surface area contributed by atoms with E-state index in [2.05, 4.69) is 15.0 Å². The van der Waals surface area contributed by atoms with Gasteiger partial charge in [-0.1, -0.05) is 6.07 Å². The zero-order chi connectivity index (χ0) is 22.8. The first-order chi connectivity index (χ1) is 14.6. The number of rotatable bonds is 5. The van der Waals surface area contributed by atoms with Gasteiger partial charge in [-0.3, -0.25) is 9.78 Å². The Bertz CT molecular complexity index is 999. The smallest absolute Gasteiger partial charge is 0.439 e. The molecule has 0 bridgehead atoms. The summed E-state index contributed by atoms with van der Waals surface area (Å²) in [6.45, 7) is 0.487. The van der Waals surface area contributed by atoms with Crippen molar-refractivity contribution in [2.24, 2.45) is 11.7 Å². The molecular weight excluding hydrogens is 429 g/mol. The first-order valence-electron chi connectivity index (χ1n) is 8.96. The maximum Gasteiger partial charge on any atom is 0.573 e. The number of nitrogens with two attached hydrogens (primary N) is 1. The van der Waals surface area contributed by atoms with Crippen LogP contribution in [0.2, 0.25) is 0 Å². The van der Waals surface area contributed by atoms with Crippen LogP contribution >= 0.6 is 0 Å². The fourth-order valence-corrected chi connectivity index (χ4v) is 3.25. The molecule has 3 rings (SSSR count). The number of ether oxygens (including phenoxy) is 2. The molecule has 166 valence electrons. The minimum Gasteiger partial charge on any atom is -0.439 e. The highest BCUT2D eigenvalue weighted by Gasteiger charge is 2.37.